The summed E-state index contributed by atoms with van der Waals surface area (Å²) < 4.78 is 0. The highest BCUT2D eigenvalue weighted by Gasteiger charge is 1.93. The third kappa shape index (κ3) is 6.09. The van der Waals surface area contributed by atoms with E-state index < -0.39 is 0 Å². The van der Waals surface area contributed by atoms with E-state index in [-0.39, 0.29) is 10.2 Å². The molecule has 90 valence electrons. The summed E-state index contributed by atoms with van der Waals surface area (Å²) in [6.45, 7) is 1.56. The van der Waals surface area contributed by atoms with Crippen LogP contribution in [0.3, 0.4) is 0 Å². The monoisotopic (exact) mass is 266 g/mol. The van der Waals surface area contributed by atoms with Crippen molar-refractivity contribution in [1.82, 2.24) is 0 Å². The molecule has 0 heterocycles. The summed E-state index contributed by atoms with van der Waals surface area (Å²) >= 11 is 6.03. The van der Waals surface area contributed by atoms with Gasteiger partial charge in [0.25, 0.3) is 0 Å². The number of nitrogens with one attached hydrogen (secondary N) is 1. The Morgan fingerprint density at radius 3 is 2.65 bits per heavy atom. The van der Waals surface area contributed by atoms with E-state index in [9.17, 15) is 4.79 Å². The molecule has 0 bridgehead atoms. The highest BCUT2D eigenvalue weighted by Crippen LogP contribution is 2.11. The van der Waals surface area contributed by atoms with E-state index in [4.69, 9.17) is 18.0 Å². The highest BCUT2D eigenvalue weighted by molar-refractivity contribution is 8.13. The molecule has 3 nitrogen and oxygen atoms in total. The summed E-state index contributed by atoms with van der Waals surface area (Å²) in [5.74, 6) is 0.697. The van der Waals surface area contributed by atoms with Crippen LogP contribution in [0.25, 0.3) is 6.08 Å². The van der Waals surface area contributed by atoms with Crippen LogP contribution in [0.2, 0.25) is 0 Å². The Kier molecular flexibility index (Phi) is 5.72. The lowest BCUT2D eigenvalue weighted by molar-refractivity contribution is -0.109. The quantitative estimate of drug-likeness (QED) is 0.821. The molecular weight excluding hydrogens is 252 g/mol. The van der Waals surface area contributed by atoms with Crippen molar-refractivity contribution < 1.29 is 4.79 Å². The van der Waals surface area contributed by atoms with Crippen molar-refractivity contribution in [3.63, 3.8) is 0 Å². The molecule has 1 aromatic rings. The molecule has 17 heavy (non-hydrogen) atoms. The Bertz CT molecular complexity index is 427. The largest absolute Gasteiger partial charge is 0.376 e. The molecule has 0 aliphatic rings. The van der Waals surface area contributed by atoms with Gasteiger partial charge in [0.1, 0.15) is 0 Å². The van der Waals surface area contributed by atoms with E-state index in [1.165, 1.54) is 11.8 Å². The normalized spacial score (nSPS) is 10.4. The first-order chi connectivity index (χ1) is 8.08. The van der Waals surface area contributed by atoms with Crippen LogP contribution in [-0.4, -0.2) is 16.0 Å². The second kappa shape index (κ2) is 7.09. The molecule has 0 fully saturated rings. The molecule has 0 saturated carbocycles. The average molecular weight is 266 g/mol. The van der Waals surface area contributed by atoms with Crippen LogP contribution in [0.5, 0.6) is 0 Å². The number of carbonyl (C=O) groups is 1. The zero-order valence-electron chi connectivity index (χ0n) is 9.47. The van der Waals surface area contributed by atoms with Gasteiger partial charge in [-0.3, -0.25) is 4.79 Å². The smallest absolute Gasteiger partial charge is 0.186 e. The standard InChI is InChI=1S/C12H14N2OS2/c1-9(15)17-8-2-3-10-4-6-11(7-5-10)14-12(13)16/h2-7H,8H2,1H3,(H3,13,14,16). The minimum Gasteiger partial charge on any atom is -0.376 e. The molecule has 0 aliphatic heterocycles. The van der Waals surface area contributed by atoms with Crippen LogP contribution in [-0.2, 0) is 4.79 Å². The van der Waals surface area contributed by atoms with Crippen molar-refractivity contribution in [3.8, 4) is 0 Å². The fourth-order valence-electron chi connectivity index (χ4n) is 1.17. The molecule has 0 aliphatic carbocycles. The number of anilines is 1. The molecule has 0 atom stereocenters. The van der Waals surface area contributed by atoms with Crippen LogP contribution in [0.1, 0.15) is 12.5 Å². The number of nitrogens with two attached hydrogens (primary N) is 1. The third-order valence-electron chi connectivity index (χ3n) is 1.87. The van der Waals surface area contributed by atoms with Gasteiger partial charge in [-0.15, -0.1) is 0 Å². The summed E-state index contributed by atoms with van der Waals surface area (Å²) in [5.41, 5.74) is 7.30. The zero-order valence-corrected chi connectivity index (χ0v) is 11.1. The molecule has 0 aromatic heterocycles. The number of thioether (sulfide) groups is 1. The lowest BCUT2D eigenvalue weighted by Crippen LogP contribution is -2.18. The van der Waals surface area contributed by atoms with Crippen LogP contribution in [0, 0.1) is 0 Å². The van der Waals surface area contributed by atoms with E-state index in [2.05, 4.69) is 5.32 Å². The van der Waals surface area contributed by atoms with E-state index in [1.54, 1.807) is 6.92 Å². The SMILES string of the molecule is CC(=O)SCC=Cc1ccc(NC(N)=S)cc1. The average Bonchev–Trinajstić information content (AvgIpc) is 2.25. The number of rotatable bonds is 4. The van der Waals surface area contributed by atoms with Gasteiger partial charge in [-0.2, -0.15) is 0 Å². The van der Waals surface area contributed by atoms with E-state index >= 15 is 0 Å². The number of thiocarbonyl (C=S) groups is 1. The van der Waals surface area contributed by atoms with Crippen molar-refractivity contribution in [3.05, 3.63) is 35.9 Å². The predicted octanol–water partition coefficient (Wildman–Crippen LogP) is 2.63. The highest BCUT2D eigenvalue weighted by atomic mass is 32.2. The molecule has 5 heteroatoms. The van der Waals surface area contributed by atoms with Gasteiger partial charge in [0, 0.05) is 18.4 Å². The van der Waals surface area contributed by atoms with Gasteiger partial charge in [0.2, 0.25) is 0 Å². The molecule has 1 rings (SSSR count). The molecule has 0 spiro atoms. The predicted molar refractivity (Wildman–Crippen MR) is 79.0 cm³/mol. The fourth-order valence-corrected chi connectivity index (χ4v) is 1.71. The maximum atomic E-state index is 10.7. The van der Waals surface area contributed by atoms with Gasteiger partial charge in [0.05, 0.1) is 0 Å². The number of benzene rings is 1. The maximum Gasteiger partial charge on any atom is 0.186 e. The van der Waals surface area contributed by atoms with Crippen LogP contribution in [0.15, 0.2) is 30.3 Å². The van der Waals surface area contributed by atoms with E-state index in [0.717, 1.165) is 11.3 Å². The Balaban J connectivity index is 2.50. The van der Waals surface area contributed by atoms with Crippen LogP contribution in [0.4, 0.5) is 5.69 Å². The Morgan fingerprint density at radius 1 is 1.47 bits per heavy atom. The third-order valence-corrected chi connectivity index (χ3v) is 2.74. The van der Waals surface area contributed by atoms with Crippen molar-refractivity contribution in [2.24, 2.45) is 5.73 Å². The van der Waals surface area contributed by atoms with E-state index in [1.807, 2.05) is 36.4 Å². The summed E-state index contributed by atoms with van der Waals surface area (Å²) in [5, 5.41) is 3.24. The fraction of sp³-hybridized carbons (Fsp3) is 0.167. The number of hydrogen-bond acceptors (Lipinski definition) is 3. The van der Waals surface area contributed by atoms with Gasteiger partial charge in [-0.05, 0) is 29.9 Å². The Hall–Kier alpha value is -1.33. The lowest BCUT2D eigenvalue weighted by atomic mass is 10.2. The van der Waals surface area contributed by atoms with Crippen molar-refractivity contribution >= 4 is 46.0 Å². The van der Waals surface area contributed by atoms with Gasteiger partial charge in [-0.1, -0.05) is 36.0 Å². The molecular formula is C12H14N2OS2. The topological polar surface area (TPSA) is 55.1 Å². The summed E-state index contributed by atoms with van der Waals surface area (Å²) in [6, 6.07) is 7.71. The molecule has 0 amide bonds. The van der Waals surface area contributed by atoms with Gasteiger partial charge in [0.15, 0.2) is 10.2 Å². The number of carbonyl (C=O) groups excluding carboxylic acids is 1. The molecule has 3 N–H and O–H groups in total. The van der Waals surface area contributed by atoms with Crippen LogP contribution < -0.4 is 11.1 Å². The van der Waals surface area contributed by atoms with Gasteiger partial charge < -0.3 is 11.1 Å². The van der Waals surface area contributed by atoms with E-state index in [0.29, 0.717) is 5.75 Å². The molecule has 0 saturated heterocycles. The molecule has 0 radical (unpaired) electrons. The van der Waals surface area contributed by atoms with Crippen molar-refractivity contribution in [2.45, 2.75) is 6.92 Å². The maximum absolute atomic E-state index is 10.7. The minimum atomic E-state index is 0.130. The summed E-state index contributed by atoms with van der Waals surface area (Å²) in [7, 11) is 0. The summed E-state index contributed by atoms with van der Waals surface area (Å²) in [4.78, 5) is 10.7. The Morgan fingerprint density at radius 2 is 2.12 bits per heavy atom. The minimum absolute atomic E-state index is 0.130. The zero-order chi connectivity index (χ0) is 12.7. The Labute approximate surface area is 110 Å². The second-order valence-corrected chi connectivity index (χ2v) is 4.95. The second-order valence-electron chi connectivity index (χ2n) is 3.32. The van der Waals surface area contributed by atoms with Crippen LogP contribution >= 0.6 is 24.0 Å². The first-order valence-electron chi connectivity index (χ1n) is 5.04. The lowest BCUT2D eigenvalue weighted by Gasteiger charge is -2.03. The summed E-state index contributed by atoms with van der Waals surface area (Å²) in [6.07, 6.45) is 3.93. The molecule has 1 aromatic carbocycles. The van der Waals surface area contributed by atoms with Crippen molar-refractivity contribution in [2.75, 3.05) is 11.1 Å². The van der Waals surface area contributed by atoms with Crippen molar-refractivity contribution in [1.29, 1.82) is 0 Å². The van der Waals surface area contributed by atoms with Gasteiger partial charge in [-0.25, -0.2) is 0 Å². The first-order valence-corrected chi connectivity index (χ1v) is 6.44. The first kappa shape index (κ1) is 13.7. The molecule has 0 unspecified atom stereocenters. The van der Waals surface area contributed by atoms with Gasteiger partial charge >= 0.3 is 0 Å². The number of hydrogen-bond donors (Lipinski definition) is 2.